The van der Waals surface area contributed by atoms with Crippen LogP contribution in [0.25, 0.3) is 10.8 Å². The van der Waals surface area contributed by atoms with Crippen molar-refractivity contribution in [1.29, 1.82) is 0 Å². The third-order valence-electron chi connectivity index (χ3n) is 6.76. The summed E-state index contributed by atoms with van der Waals surface area (Å²) < 4.78 is 0. The van der Waals surface area contributed by atoms with Crippen LogP contribution in [0.2, 0.25) is 0 Å². The minimum atomic E-state index is -0.0822. The SMILES string of the molecule is CCCc1cccc2cc3c(cc12)CCC1(CC2C=CC1C2)C3=O. The molecule has 1 heteroatoms. The summed E-state index contributed by atoms with van der Waals surface area (Å²) >= 11 is 0. The molecule has 2 aromatic rings. The van der Waals surface area contributed by atoms with Gasteiger partial charge in [-0.05, 0) is 71.9 Å². The first-order valence-electron chi connectivity index (χ1n) is 9.49. The zero-order chi connectivity index (χ0) is 16.3. The molecule has 0 heterocycles. The zero-order valence-corrected chi connectivity index (χ0v) is 14.3. The van der Waals surface area contributed by atoms with Crippen LogP contribution in [0.1, 0.15) is 54.1 Å². The fraction of sp³-hybridized carbons (Fsp3) is 0.435. The van der Waals surface area contributed by atoms with Crippen LogP contribution in [0.4, 0.5) is 0 Å². The molecular formula is C23H24O. The maximum atomic E-state index is 13.5. The lowest BCUT2D eigenvalue weighted by Gasteiger charge is -2.38. The molecule has 1 saturated carbocycles. The second-order valence-corrected chi connectivity index (χ2v) is 8.07. The van der Waals surface area contributed by atoms with Crippen LogP contribution in [0.3, 0.4) is 0 Å². The van der Waals surface area contributed by atoms with Gasteiger partial charge in [0.2, 0.25) is 0 Å². The van der Waals surface area contributed by atoms with E-state index >= 15 is 0 Å². The third kappa shape index (κ3) is 1.84. The van der Waals surface area contributed by atoms with Crippen LogP contribution in [-0.2, 0) is 12.8 Å². The van der Waals surface area contributed by atoms with Crippen molar-refractivity contribution in [2.24, 2.45) is 17.3 Å². The molecule has 0 radical (unpaired) electrons. The highest BCUT2D eigenvalue weighted by Crippen LogP contribution is 2.57. The number of benzene rings is 2. The molecule has 5 rings (SSSR count). The predicted molar refractivity (Wildman–Crippen MR) is 98.4 cm³/mol. The number of ketones is 1. The molecule has 3 aliphatic rings. The van der Waals surface area contributed by atoms with Crippen molar-refractivity contribution in [2.75, 3.05) is 0 Å². The van der Waals surface area contributed by atoms with Crippen LogP contribution >= 0.6 is 0 Å². The Labute approximate surface area is 143 Å². The van der Waals surface area contributed by atoms with E-state index in [4.69, 9.17) is 0 Å². The molecule has 122 valence electrons. The molecule has 1 fully saturated rings. The van der Waals surface area contributed by atoms with Gasteiger partial charge in [0.05, 0.1) is 0 Å². The van der Waals surface area contributed by atoms with Crippen molar-refractivity contribution in [3.63, 3.8) is 0 Å². The second-order valence-electron chi connectivity index (χ2n) is 8.07. The minimum absolute atomic E-state index is 0.0822. The molecule has 24 heavy (non-hydrogen) atoms. The van der Waals surface area contributed by atoms with Crippen LogP contribution in [0.5, 0.6) is 0 Å². The molecule has 1 nitrogen and oxygen atoms in total. The number of aryl methyl sites for hydroxylation is 2. The van der Waals surface area contributed by atoms with Gasteiger partial charge in [-0.1, -0.05) is 49.8 Å². The van der Waals surface area contributed by atoms with E-state index in [1.165, 1.54) is 28.3 Å². The van der Waals surface area contributed by atoms with Crippen molar-refractivity contribution >= 4 is 16.6 Å². The van der Waals surface area contributed by atoms with Gasteiger partial charge in [0, 0.05) is 11.0 Å². The van der Waals surface area contributed by atoms with Crippen LogP contribution in [0.15, 0.2) is 42.5 Å². The van der Waals surface area contributed by atoms with E-state index in [0.717, 1.165) is 37.7 Å². The number of allylic oxidation sites excluding steroid dienone is 2. The van der Waals surface area contributed by atoms with Crippen molar-refractivity contribution in [2.45, 2.75) is 45.4 Å². The maximum absolute atomic E-state index is 13.5. The lowest BCUT2D eigenvalue weighted by atomic mass is 9.63. The quantitative estimate of drug-likeness (QED) is 0.668. The average molecular weight is 316 g/mol. The van der Waals surface area contributed by atoms with Crippen molar-refractivity contribution < 1.29 is 4.79 Å². The zero-order valence-electron chi connectivity index (χ0n) is 14.3. The summed E-state index contributed by atoms with van der Waals surface area (Å²) in [6.45, 7) is 2.23. The summed E-state index contributed by atoms with van der Waals surface area (Å²) in [5, 5.41) is 2.60. The smallest absolute Gasteiger partial charge is 0.169 e. The normalized spacial score (nSPS) is 30.5. The van der Waals surface area contributed by atoms with Crippen molar-refractivity contribution in [3.05, 3.63) is 59.2 Å². The molecule has 3 atom stereocenters. The number of Topliss-reactive ketones (excluding diaryl/α,β-unsaturated/α-hetero) is 1. The van der Waals surface area contributed by atoms with Gasteiger partial charge in [-0.3, -0.25) is 4.79 Å². The number of carbonyl (C=O) groups is 1. The lowest BCUT2D eigenvalue weighted by molar-refractivity contribution is 0.0703. The van der Waals surface area contributed by atoms with E-state index in [9.17, 15) is 4.79 Å². The van der Waals surface area contributed by atoms with Gasteiger partial charge in [0.15, 0.2) is 5.78 Å². The Hall–Kier alpha value is -1.89. The number of carbonyl (C=O) groups excluding carboxylic acids is 1. The summed E-state index contributed by atoms with van der Waals surface area (Å²) in [5.74, 6) is 1.57. The third-order valence-corrected chi connectivity index (χ3v) is 6.76. The summed E-state index contributed by atoms with van der Waals surface area (Å²) in [4.78, 5) is 13.5. The van der Waals surface area contributed by atoms with Crippen LogP contribution in [0, 0.1) is 17.3 Å². The predicted octanol–water partition coefficient (Wildman–Crippen LogP) is 5.50. The Kier molecular flexibility index (Phi) is 3.04. The number of hydrogen-bond donors (Lipinski definition) is 0. The first-order chi connectivity index (χ1) is 11.7. The van der Waals surface area contributed by atoms with E-state index in [1.807, 2.05) is 0 Å². The van der Waals surface area contributed by atoms with Gasteiger partial charge in [-0.15, -0.1) is 0 Å². The average Bonchev–Trinajstić information content (AvgIpc) is 3.20. The van der Waals surface area contributed by atoms with E-state index in [1.54, 1.807) is 0 Å². The second kappa shape index (κ2) is 5.05. The van der Waals surface area contributed by atoms with Gasteiger partial charge >= 0.3 is 0 Å². The van der Waals surface area contributed by atoms with E-state index in [2.05, 4.69) is 49.4 Å². The highest BCUT2D eigenvalue weighted by molar-refractivity contribution is 6.06. The van der Waals surface area contributed by atoms with Gasteiger partial charge in [0.1, 0.15) is 0 Å². The van der Waals surface area contributed by atoms with E-state index in [-0.39, 0.29) is 5.41 Å². The largest absolute Gasteiger partial charge is 0.294 e. The molecule has 0 N–H and O–H groups in total. The topological polar surface area (TPSA) is 17.1 Å². The molecular weight excluding hydrogens is 292 g/mol. The lowest BCUT2D eigenvalue weighted by Crippen LogP contribution is -2.39. The molecule has 3 unspecified atom stereocenters. The Morgan fingerprint density at radius 1 is 1.21 bits per heavy atom. The van der Waals surface area contributed by atoms with Crippen LogP contribution < -0.4 is 0 Å². The number of fused-ring (bicyclic) bond motifs is 5. The molecule has 2 aromatic carbocycles. The Morgan fingerprint density at radius 3 is 2.88 bits per heavy atom. The molecule has 1 spiro atoms. The van der Waals surface area contributed by atoms with Gasteiger partial charge in [-0.25, -0.2) is 0 Å². The maximum Gasteiger partial charge on any atom is 0.169 e. The van der Waals surface area contributed by atoms with E-state index < -0.39 is 0 Å². The highest BCUT2D eigenvalue weighted by atomic mass is 16.1. The first-order valence-corrected chi connectivity index (χ1v) is 9.49. The summed E-state index contributed by atoms with van der Waals surface area (Å²) in [7, 11) is 0. The van der Waals surface area contributed by atoms with Crippen LogP contribution in [-0.4, -0.2) is 5.78 Å². The summed E-state index contributed by atoms with van der Waals surface area (Å²) in [6, 6.07) is 11.1. The fourth-order valence-electron chi connectivity index (χ4n) is 5.58. The Balaban J connectivity index is 1.64. The number of hydrogen-bond acceptors (Lipinski definition) is 1. The highest BCUT2D eigenvalue weighted by Gasteiger charge is 2.54. The molecule has 3 aliphatic carbocycles. The Bertz CT molecular complexity index is 875. The Morgan fingerprint density at radius 2 is 2.12 bits per heavy atom. The molecule has 0 aromatic heterocycles. The number of rotatable bonds is 2. The van der Waals surface area contributed by atoms with Crippen molar-refractivity contribution in [3.8, 4) is 0 Å². The molecule has 0 aliphatic heterocycles. The minimum Gasteiger partial charge on any atom is -0.294 e. The van der Waals surface area contributed by atoms with E-state index in [0.29, 0.717) is 17.6 Å². The fourth-order valence-corrected chi connectivity index (χ4v) is 5.58. The van der Waals surface area contributed by atoms with Gasteiger partial charge < -0.3 is 0 Å². The molecule has 2 bridgehead atoms. The van der Waals surface area contributed by atoms with Gasteiger partial charge in [-0.2, -0.15) is 0 Å². The van der Waals surface area contributed by atoms with Gasteiger partial charge in [0.25, 0.3) is 0 Å². The molecule has 0 amide bonds. The first kappa shape index (κ1) is 14.5. The monoisotopic (exact) mass is 316 g/mol. The summed E-state index contributed by atoms with van der Waals surface area (Å²) in [5.41, 5.74) is 3.64. The molecule has 0 saturated heterocycles. The summed E-state index contributed by atoms with van der Waals surface area (Å²) in [6.07, 6.45) is 11.3. The van der Waals surface area contributed by atoms with Crippen molar-refractivity contribution in [1.82, 2.24) is 0 Å². The standard InChI is InChI=1S/C23H24O/c1-2-4-16-5-3-6-17-13-21-18(12-20(16)17)9-10-23(22(21)24)14-15-7-8-19(23)11-15/h3,5-8,12-13,15,19H,2,4,9-11,14H2,1H3.